The van der Waals surface area contributed by atoms with Crippen LogP contribution in [-0.4, -0.2) is 85.8 Å². The predicted octanol–water partition coefficient (Wildman–Crippen LogP) is -0.967. The number of hydrogen-bond acceptors (Lipinski definition) is 11. The number of aromatic hydroxyl groups is 1. The van der Waals surface area contributed by atoms with E-state index >= 15 is 0 Å². The van der Waals surface area contributed by atoms with Gasteiger partial charge in [-0.25, -0.2) is 4.79 Å². The Morgan fingerprint density at radius 3 is 2.53 bits per heavy atom. The van der Waals surface area contributed by atoms with Crippen LogP contribution in [0.4, 0.5) is 5.82 Å². The Morgan fingerprint density at radius 1 is 1.08 bits per heavy atom. The molecule has 206 valence electrons. The van der Waals surface area contributed by atoms with Crippen molar-refractivity contribution < 1.29 is 44.3 Å². The molecule has 1 aliphatic heterocycles. The molecule has 0 spiro atoms. The number of aliphatic hydroxyl groups excluding tert-OH is 3. The van der Waals surface area contributed by atoms with Gasteiger partial charge in [0.2, 0.25) is 5.91 Å². The molecule has 38 heavy (non-hydrogen) atoms. The number of amides is 2. The smallest absolute Gasteiger partial charge is 0.351 e. The number of esters is 1. The maximum Gasteiger partial charge on any atom is 0.351 e. The topological polar surface area (TPSA) is 210 Å². The molecule has 6 N–H and O–H groups in total. The highest BCUT2D eigenvalue weighted by atomic mass is 16.6. The Balaban J connectivity index is 1.32. The molecule has 1 saturated heterocycles. The molecule has 1 aromatic heterocycles. The summed E-state index contributed by atoms with van der Waals surface area (Å²) in [4.78, 5) is 52.0. The number of anilines is 1. The van der Waals surface area contributed by atoms with Crippen LogP contribution in [0.25, 0.3) is 0 Å². The minimum Gasteiger partial charge on any atom is -0.507 e. The normalized spacial score (nSPS) is 20.6. The van der Waals surface area contributed by atoms with Gasteiger partial charge < -0.3 is 40.5 Å². The summed E-state index contributed by atoms with van der Waals surface area (Å²) in [5.74, 6) is -1.61. The van der Waals surface area contributed by atoms with Crippen molar-refractivity contribution in [2.24, 2.45) is 0 Å². The van der Waals surface area contributed by atoms with Gasteiger partial charge in [-0.1, -0.05) is 12.1 Å². The van der Waals surface area contributed by atoms with E-state index in [4.69, 9.17) is 14.6 Å². The molecular weight excluding hydrogens is 504 g/mol. The van der Waals surface area contributed by atoms with Gasteiger partial charge in [0.15, 0.2) is 6.23 Å². The van der Waals surface area contributed by atoms with Gasteiger partial charge in [-0.3, -0.25) is 19.0 Å². The summed E-state index contributed by atoms with van der Waals surface area (Å²) < 4.78 is 11.3. The van der Waals surface area contributed by atoms with Gasteiger partial charge in [0.25, 0.3) is 5.91 Å². The van der Waals surface area contributed by atoms with Gasteiger partial charge in [0.05, 0.1) is 18.8 Å². The number of hydrogen-bond donors (Lipinski definition) is 6. The summed E-state index contributed by atoms with van der Waals surface area (Å²) >= 11 is 0. The number of aliphatic hydroxyl groups is 3. The van der Waals surface area contributed by atoms with Crippen LogP contribution >= 0.6 is 0 Å². The lowest BCUT2D eigenvalue weighted by atomic mass is 10.1. The van der Waals surface area contributed by atoms with Crippen LogP contribution in [-0.2, 0) is 19.1 Å². The maximum atomic E-state index is 12.3. The number of carbonyl (C=O) groups excluding carboxylic acids is 3. The van der Waals surface area contributed by atoms with Crippen LogP contribution in [0.1, 0.15) is 42.3 Å². The third-order valence-corrected chi connectivity index (χ3v) is 5.69. The quantitative estimate of drug-likeness (QED) is 0.144. The van der Waals surface area contributed by atoms with Crippen molar-refractivity contribution in [1.29, 1.82) is 0 Å². The Morgan fingerprint density at radius 2 is 1.84 bits per heavy atom. The van der Waals surface area contributed by atoms with Gasteiger partial charge in [-0.15, -0.1) is 0 Å². The minimum absolute atomic E-state index is 0.0159. The van der Waals surface area contributed by atoms with Crippen LogP contribution in [0.15, 0.2) is 41.3 Å². The third-order valence-electron chi connectivity index (χ3n) is 5.69. The highest BCUT2D eigenvalue weighted by Crippen LogP contribution is 2.28. The fraction of sp³-hybridized carbons (Fsp3) is 0.458. The molecule has 0 bridgehead atoms. The van der Waals surface area contributed by atoms with E-state index in [0.29, 0.717) is 6.42 Å². The first-order chi connectivity index (χ1) is 18.2. The van der Waals surface area contributed by atoms with Crippen molar-refractivity contribution in [2.75, 3.05) is 25.1 Å². The van der Waals surface area contributed by atoms with Gasteiger partial charge in [-0.2, -0.15) is 4.98 Å². The second kappa shape index (κ2) is 13.6. The molecule has 4 atom stereocenters. The molecule has 1 aromatic carbocycles. The number of phenols is 1. The van der Waals surface area contributed by atoms with Gasteiger partial charge >= 0.3 is 11.7 Å². The molecule has 0 saturated carbocycles. The van der Waals surface area contributed by atoms with Gasteiger partial charge in [0, 0.05) is 25.6 Å². The maximum absolute atomic E-state index is 12.3. The number of aromatic nitrogens is 2. The molecule has 2 amide bonds. The standard InChI is InChI=1S/C24H30N4O10/c29-13-16-20(33)21(34)23(38-16)28-11-9-17(27-24(28)36)26-18(31)7-3-8-19(32)37-12-4-10-25-22(35)14-5-1-2-6-15(14)30/h1-2,5-6,9,11,16,20-21,23,29-30,33-34H,3-4,7-8,10,12-13H2,(H,25,35)(H,26,27,31,36)/t16-,20-,21+,23?/m1/s1. The molecule has 1 fully saturated rings. The molecule has 3 rings (SSSR count). The molecule has 14 heteroatoms. The average molecular weight is 535 g/mol. The summed E-state index contributed by atoms with van der Waals surface area (Å²) in [6.07, 6.45) is -3.39. The second-order valence-electron chi connectivity index (χ2n) is 8.48. The first-order valence-corrected chi connectivity index (χ1v) is 11.9. The summed E-state index contributed by atoms with van der Waals surface area (Å²) in [7, 11) is 0. The van der Waals surface area contributed by atoms with Crippen molar-refractivity contribution in [3.8, 4) is 5.75 Å². The molecule has 1 aliphatic rings. The van der Waals surface area contributed by atoms with E-state index in [9.17, 15) is 34.5 Å². The van der Waals surface area contributed by atoms with E-state index in [1.807, 2.05) is 0 Å². The molecule has 0 aliphatic carbocycles. The summed E-state index contributed by atoms with van der Waals surface area (Å²) in [5.41, 5.74) is -0.699. The van der Waals surface area contributed by atoms with Gasteiger partial charge in [0.1, 0.15) is 29.9 Å². The zero-order valence-corrected chi connectivity index (χ0v) is 20.4. The summed E-state index contributed by atoms with van der Waals surface area (Å²) in [6.45, 7) is -0.234. The fourth-order valence-corrected chi connectivity index (χ4v) is 3.68. The average Bonchev–Trinajstić information content (AvgIpc) is 3.17. The zero-order valence-electron chi connectivity index (χ0n) is 20.4. The van der Waals surface area contributed by atoms with Crippen LogP contribution < -0.4 is 16.3 Å². The first kappa shape index (κ1) is 28.7. The van der Waals surface area contributed by atoms with Gasteiger partial charge in [-0.05, 0) is 31.0 Å². The lowest BCUT2D eigenvalue weighted by Gasteiger charge is -2.17. The largest absolute Gasteiger partial charge is 0.507 e. The fourth-order valence-electron chi connectivity index (χ4n) is 3.68. The second-order valence-corrected chi connectivity index (χ2v) is 8.48. The van der Waals surface area contributed by atoms with Crippen LogP contribution in [0.3, 0.4) is 0 Å². The summed E-state index contributed by atoms with van der Waals surface area (Å²) in [5, 5.41) is 43.7. The monoisotopic (exact) mass is 534 g/mol. The van der Waals surface area contributed by atoms with Crippen LogP contribution in [0.2, 0.25) is 0 Å². The third kappa shape index (κ3) is 7.58. The molecule has 2 heterocycles. The number of rotatable bonds is 12. The van der Waals surface area contributed by atoms with Crippen molar-refractivity contribution in [1.82, 2.24) is 14.9 Å². The van der Waals surface area contributed by atoms with Crippen molar-refractivity contribution in [3.05, 3.63) is 52.6 Å². The minimum atomic E-state index is -1.45. The van der Waals surface area contributed by atoms with E-state index in [1.54, 1.807) is 12.1 Å². The van der Waals surface area contributed by atoms with Crippen molar-refractivity contribution in [3.63, 3.8) is 0 Å². The Bertz CT molecular complexity index is 1190. The highest BCUT2D eigenvalue weighted by molar-refractivity contribution is 5.96. The number of ether oxygens (including phenoxy) is 2. The number of benzene rings is 1. The van der Waals surface area contributed by atoms with E-state index in [0.717, 1.165) is 4.57 Å². The number of carbonyl (C=O) groups is 3. The number of nitrogens with one attached hydrogen (secondary N) is 2. The van der Waals surface area contributed by atoms with Crippen LogP contribution in [0.5, 0.6) is 5.75 Å². The van der Waals surface area contributed by atoms with Crippen molar-refractivity contribution in [2.45, 2.75) is 50.2 Å². The predicted molar refractivity (Wildman–Crippen MR) is 130 cm³/mol. The molecule has 1 unspecified atom stereocenters. The van der Waals surface area contributed by atoms with E-state index < -0.39 is 54.6 Å². The van der Waals surface area contributed by atoms with Crippen molar-refractivity contribution >= 4 is 23.6 Å². The Labute approximate surface area is 216 Å². The number of para-hydroxylation sites is 1. The van der Waals surface area contributed by atoms with E-state index in [2.05, 4.69) is 15.6 Å². The Kier molecular flexibility index (Phi) is 10.3. The molecular formula is C24H30N4O10. The number of nitrogens with zero attached hydrogens (tertiary/aromatic N) is 2. The zero-order chi connectivity index (χ0) is 27.7. The molecule has 0 radical (unpaired) electrons. The van der Waals surface area contributed by atoms with E-state index in [1.165, 1.54) is 24.4 Å². The molecule has 14 nitrogen and oxygen atoms in total. The SMILES string of the molecule is O=C(CCCC(=O)OCCCNC(=O)c1ccccc1O)Nc1ccn(C2O[C@H](CO)[C@@H](O)[C@@H]2O)c(=O)n1. The first-order valence-electron chi connectivity index (χ1n) is 11.9. The molecule has 2 aromatic rings. The van der Waals surface area contributed by atoms with Crippen LogP contribution in [0, 0.1) is 0 Å². The Hall–Kier alpha value is -3.85. The lowest BCUT2D eigenvalue weighted by molar-refractivity contribution is -0.143. The summed E-state index contributed by atoms with van der Waals surface area (Å²) in [6, 6.07) is 7.43. The number of phenolic OH excluding ortho intramolecular Hbond substituents is 1. The highest BCUT2D eigenvalue weighted by Gasteiger charge is 2.43. The lowest BCUT2D eigenvalue weighted by Crippen LogP contribution is -2.36. The van der Waals surface area contributed by atoms with E-state index in [-0.39, 0.29) is 49.5 Å².